The fourth-order valence-electron chi connectivity index (χ4n) is 2.22. The van der Waals surface area contributed by atoms with Crippen LogP contribution in [0.3, 0.4) is 0 Å². The van der Waals surface area contributed by atoms with E-state index in [-0.39, 0.29) is 17.8 Å². The number of carbonyl (C=O) groups excluding carboxylic acids is 1. The van der Waals surface area contributed by atoms with Gasteiger partial charge in [0.15, 0.2) is 0 Å². The minimum absolute atomic E-state index is 0.149. The molecule has 0 saturated carbocycles. The SMILES string of the molecule is O=C(CCl)N[C@@H]1CCCc2c(F)cc(F)cc21. The molecular weight excluding hydrogens is 248 g/mol. The zero-order chi connectivity index (χ0) is 12.4. The molecule has 0 radical (unpaired) electrons. The van der Waals surface area contributed by atoms with Gasteiger partial charge in [0.2, 0.25) is 5.91 Å². The van der Waals surface area contributed by atoms with Crippen molar-refractivity contribution in [1.29, 1.82) is 0 Å². The Hall–Kier alpha value is -1.16. The predicted octanol–water partition coefficient (Wildman–Crippen LogP) is 2.70. The summed E-state index contributed by atoms with van der Waals surface area (Å²) < 4.78 is 26.7. The summed E-state index contributed by atoms with van der Waals surface area (Å²) in [7, 11) is 0. The highest BCUT2D eigenvalue weighted by Gasteiger charge is 2.24. The average Bonchev–Trinajstić information content (AvgIpc) is 2.30. The van der Waals surface area contributed by atoms with Crippen LogP contribution in [-0.4, -0.2) is 11.8 Å². The van der Waals surface area contributed by atoms with Crippen molar-refractivity contribution in [3.05, 3.63) is 34.9 Å². The lowest BCUT2D eigenvalue weighted by Gasteiger charge is -2.26. The molecule has 0 fully saturated rings. The molecule has 0 saturated heterocycles. The van der Waals surface area contributed by atoms with Crippen LogP contribution in [0.5, 0.6) is 0 Å². The van der Waals surface area contributed by atoms with Crippen molar-refractivity contribution < 1.29 is 13.6 Å². The second-order valence-electron chi connectivity index (χ2n) is 4.10. The van der Waals surface area contributed by atoms with Crippen LogP contribution in [-0.2, 0) is 11.2 Å². The van der Waals surface area contributed by atoms with Gasteiger partial charge in [-0.25, -0.2) is 8.78 Å². The minimum Gasteiger partial charge on any atom is -0.348 e. The van der Waals surface area contributed by atoms with Crippen LogP contribution in [0.1, 0.15) is 30.0 Å². The zero-order valence-electron chi connectivity index (χ0n) is 9.10. The van der Waals surface area contributed by atoms with Crippen molar-refractivity contribution in [3.63, 3.8) is 0 Å². The van der Waals surface area contributed by atoms with Crippen LogP contribution >= 0.6 is 11.6 Å². The lowest BCUT2D eigenvalue weighted by atomic mass is 9.87. The summed E-state index contributed by atoms with van der Waals surface area (Å²) in [6, 6.07) is 1.83. The fraction of sp³-hybridized carbons (Fsp3) is 0.417. The van der Waals surface area contributed by atoms with Crippen molar-refractivity contribution in [2.24, 2.45) is 0 Å². The van der Waals surface area contributed by atoms with Crippen LogP contribution in [0.15, 0.2) is 12.1 Å². The van der Waals surface area contributed by atoms with Gasteiger partial charge in [-0.2, -0.15) is 0 Å². The van der Waals surface area contributed by atoms with Crippen molar-refractivity contribution in [2.75, 3.05) is 5.88 Å². The third-order valence-corrected chi connectivity index (χ3v) is 3.19. The minimum atomic E-state index is -0.617. The van der Waals surface area contributed by atoms with Crippen LogP contribution in [0.4, 0.5) is 8.78 Å². The van der Waals surface area contributed by atoms with Crippen LogP contribution in [0.25, 0.3) is 0 Å². The maximum absolute atomic E-state index is 13.5. The lowest BCUT2D eigenvalue weighted by molar-refractivity contribution is -0.119. The molecule has 2 nitrogen and oxygen atoms in total. The van der Waals surface area contributed by atoms with Crippen LogP contribution < -0.4 is 5.32 Å². The van der Waals surface area contributed by atoms with Gasteiger partial charge >= 0.3 is 0 Å². The maximum Gasteiger partial charge on any atom is 0.235 e. The van der Waals surface area contributed by atoms with Gasteiger partial charge in [0.1, 0.15) is 17.5 Å². The summed E-state index contributed by atoms with van der Waals surface area (Å²) in [5.74, 6) is -1.63. The Bertz CT molecular complexity index is 450. The molecule has 0 spiro atoms. The highest BCUT2D eigenvalue weighted by molar-refractivity contribution is 6.27. The number of fused-ring (bicyclic) bond motifs is 1. The third kappa shape index (κ3) is 2.57. The zero-order valence-corrected chi connectivity index (χ0v) is 9.86. The molecule has 92 valence electrons. The second-order valence-corrected chi connectivity index (χ2v) is 4.37. The number of hydrogen-bond acceptors (Lipinski definition) is 1. The normalized spacial score (nSPS) is 18.6. The summed E-state index contributed by atoms with van der Waals surface area (Å²) in [6.07, 6.45) is 2.02. The molecule has 1 atom stereocenters. The van der Waals surface area contributed by atoms with E-state index in [0.717, 1.165) is 12.5 Å². The van der Waals surface area contributed by atoms with E-state index in [1.54, 1.807) is 0 Å². The van der Waals surface area contributed by atoms with Gasteiger partial charge < -0.3 is 5.32 Å². The predicted molar refractivity (Wildman–Crippen MR) is 60.9 cm³/mol. The Kier molecular flexibility index (Phi) is 3.62. The largest absolute Gasteiger partial charge is 0.348 e. The molecule has 0 aliphatic heterocycles. The van der Waals surface area contributed by atoms with Gasteiger partial charge in [-0.15, -0.1) is 11.6 Å². The second kappa shape index (κ2) is 5.00. The molecule has 1 aliphatic carbocycles. The Labute approximate surface area is 103 Å². The summed E-state index contributed by atoms with van der Waals surface area (Å²) in [5, 5.41) is 2.67. The first-order chi connectivity index (χ1) is 8.11. The standard InChI is InChI=1S/C12H12ClF2NO/c13-6-12(17)16-11-3-1-2-8-9(11)4-7(14)5-10(8)15/h4-5,11H,1-3,6H2,(H,16,17)/t11-/m1/s1. The molecule has 0 bridgehead atoms. The first-order valence-electron chi connectivity index (χ1n) is 5.45. The number of halogens is 3. The molecule has 1 aliphatic rings. The Balaban J connectivity index is 2.33. The Morgan fingerprint density at radius 3 is 2.94 bits per heavy atom. The van der Waals surface area contributed by atoms with Gasteiger partial charge in [0, 0.05) is 6.07 Å². The van der Waals surface area contributed by atoms with E-state index in [1.807, 2.05) is 0 Å². The molecule has 1 aromatic carbocycles. The number of hydrogen-bond donors (Lipinski definition) is 1. The maximum atomic E-state index is 13.5. The molecule has 0 aromatic heterocycles. The highest BCUT2D eigenvalue weighted by Crippen LogP contribution is 2.32. The number of nitrogens with one attached hydrogen (secondary N) is 1. The summed E-state index contributed by atoms with van der Waals surface area (Å²) in [6.45, 7) is 0. The van der Waals surface area contributed by atoms with E-state index in [9.17, 15) is 13.6 Å². The molecule has 2 rings (SSSR count). The van der Waals surface area contributed by atoms with E-state index < -0.39 is 11.6 Å². The highest BCUT2D eigenvalue weighted by atomic mass is 35.5. The lowest BCUT2D eigenvalue weighted by Crippen LogP contribution is -2.32. The summed E-state index contributed by atoms with van der Waals surface area (Å²) in [4.78, 5) is 11.2. The first-order valence-corrected chi connectivity index (χ1v) is 5.98. The number of carbonyl (C=O) groups is 1. The van der Waals surface area contributed by atoms with Crippen molar-refractivity contribution in [3.8, 4) is 0 Å². The van der Waals surface area contributed by atoms with E-state index in [1.165, 1.54) is 6.07 Å². The van der Waals surface area contributed by atoms with E-state index in [0.29, 0.717) is 24.0 Å². The van der Waals surface area contributed by atoms with Crippen molar-refractivity contribution in [2.45, 2.75) is 25.3 Å². The summed E-state index contributed by atoms with van der Waals surface area (Å²) in [5.41, 5.74) is 1.03. The van der Waals surface area contributed by atoms with Gasteiger partial charge in [-0.1, -0.05) is 0 Å². The summed E-state index contributed by atoms with van der Waals surface area (Å²) >= 11 is 5.40. The smallest absolute Gasteiger partial charge is 0.235 e. The number of alkyl halides is 1. The quantitative estimate of drug-likeness (QED) is 0.813. The third-order valence-electron chi connectivity index (χ3n) is 2.95. The molecule has 5 heteroatoms. The molecule has 17 heavy (non-hydrogen) atoms. The van der Waals surface area contributed by atoms with Crippen molar-refractivity contribution >= 4 is 17.5 Å². The van der Waals surface area contributed by atoms with Gasteiger partial charge in [-0.05, 0) is 36.5 Å². The number of amides is 1. The molecule has 1 amide bonds. The van der Waals surface area contributed by atoms with Crippen LogP contribution in [0, 0.1) is 11.6 Å². The van der Waals surface area contributed by atoms with Gasteiger partial charge in [0.25, 0.3) is 0 Å². The molecule has 0 heterocycles. The number of benzene rings is 1. The topological polar surface area (TPSA) is 29.1 Å². The Morgan fingerprint density at radius 1 is 1.47 bits per heavy atom. The molecule has 0 unspecified atom stereocenters. The van der Waals surface area contributed by atoms with Crippen molar-refractivity contribution in [1.82, 2.24) is 5.32 Å². The average molecular weight is 260 g/mol. The fourth-order valence-corrected chi connectivity index (χ4v) is 2.30. The molecular formula is C12H12ClF2NO. The van der Waals surface area contributed by atoms with Crippen LogP contribution in [0.2, 0.25) is 0 Å². The van der Waals surface area contributed by atoms with Gasteiger partial charge in [0.05, 0.1) is 6.04 Å². The number of rotatable bonds is 2. The first kappa shape index (κ1) is 12.3. The Morgan fingerprint density at radius 2 is 2.24 bits per heavy atom. The van der Waals surface area contributed by atoms with E-state index >= 15 is 0 Å². The van der Waals surface area contributed by atoms with Gasteiger partial charge in [-0.3, -0.25) is 4.79 Å². The van der Waals surface area contributed by atoms with E-state index in [4.69, 9.17) is 11.6 Å². The molecule has 1 N–H and O–H groups in total. The molecule has 1 aromatic rings. The monoisotopic (exact) mass is 259 g/mol. The van der Waals surface area contributed by atoms with E-state index in [2.05, 4.69) is 5.32 Å².